The van der Waals surface area contributed by atoms with Gasteiger partial charge >= 0.3 is 0 Å². The Morgan fingerprint density at radius 3 is 2.33 bits per heavy atom. The molecule has 3 atom stereocenters. The van der Waals surface area contributed by atoms with Gasteiger partial charge in [0.15, 0.2) is 0 Å². The van der Waals surface area contributed by atoms with Crippen LogP contribution in [0.3, 0.4) is 0 Å². The summed E-state index contributed by atoms with van der Waals surface area (Å²) in [6, 6.07) is 0. The summed E-state index contributed by atoms with van der Waals surface area (Å²) >= 11 is 0. The van der Waals surface area contributed by atoms with Crippen LogP contribution in [-0.2, 0) is 9.53 Å². The van der Waals surface area contributed by atoms with Crippen LogP contribution in [0, 0.1) is 23.2 Å². The topological polar surface area (TPSA) is 26.3 Å². The van der Waals surface area contributed by atoms with E-state index in [1.165, 1.54) is 19.3 Å². The molecule has 0 aliphatic heterocycles. The van der Waals surface area contributed by atoms with E-state index < -0.39 is 0 Å². The lowest BCUT2D eigenvalue weighted by molar-refractivity contribution is -0.125. The van der Waals surface area contributed by atoms with Crippen molar-refractivity contribution in [1.82, 2.24) is 0 Å². The van der Waals surface area contributed by atoms with E-state index in [4.69, 9.17) is 4.74 Å². The zero-order valence-corrected chi connectivity index (χ0v) is 10.5. The third-order valence-corrected chi connectivity index (χ3v) is 4.56. The maximum absolute atomic E-state index is 11.1. The number of hydrogen-bond acceptors (Lipinski definition) is 2. The second kappa shape index (κ2) is 5.11. The Bertz CT molecular complexity index is 203. The number of rotatable bonds is 4. The van der Waals surface area contributed by atoms with Crippen LogP contribution in [-0.4, -0.2) is 20.0 Å². The van der Waals surface area contributed by atoms with Gasteiger partial charge in [-0.3, -0.25) is 0 Å². The molecule has 2 nitrogen and oxygen atoms in total. The summed E-state index contributed by atoms with van der Waals surface area (Å²) < 4.78 is 5.39. The molecule has 0 bridgehead atoms. The number of hydrogen-bond donors (Lipinski definition) is 0. The standard InChI is InChI=1S/C13H24O2/c1-10-6-5-7-11(2)13(10,9-15-4)12(3)8-14/h8,10-12H,5-7,9H2,1-4H3. The molecule has 1 aliphatic carbocycles. The molecule has 0 heterocycles. The van der Waals surface area contributed by atoms with E-state index in [1.807, 2.05) is 6.92 Å². The molecule has 3 unspecified atom stereocenters. The van der Waals surface area contributed by atoms with Gasteiger partial charge in [-0.2, -0.15) is 0 Å². The van der Waals surface area contributed by atoms with Crippen molar-refractivity contribution in [3.05, 3.63) is 0 Å². The van der Waals surface area contributed by atoms with E-state index in [-0.39, 0.29) is 11.3 Å². The van der Waals surface area contributed by atoms with Gasteiger partial charge in [-0.15, -0.1) is 0 Å². The minimum absolute atomic E-state index is 0.0642. The monoisotopic (exact) mass is 212 g/mol. The smallest absolute Gasteiger partial charge is 0.123 e. The molecule has 0 saturated heterocycles. The minimum atomic E-state index is 0.0642. The van der Waals surface area contributed by atoms with Crippen LogP contribution in [0.5, 0.6) is 0 Å². The van der Waals surface area contributed by atoms with E-state index in [1.54, 1.807) is 7.11 Å². The molecule has 1 fully saturated rings. The lowest BCUT2D eigenvalue weighted by atomic mass is 9.56. The average Bonchev–Trinajstić information content (AvgIpc) is 2.23. The van der Waals surface area contributed by atoms with Crippen LogP contribution in [0.25, 0.3) is 0 Å². The maximum Gasteiger partial charge on any atom is 0.123 e. The Kier molecular flexibility index (Phi) is 4.32. The minimum Gasteiger partial charge on any atom is -0.384 e. The van der Waals surface area contributed by atoms with Gasteiger partial charge in [-0.1, -0.05) is 40.0 Å². The first kappa shape index (κ1) is 12.7. The molecule has 0 aromatic heterocycles. The molecule has 0 radical (unpaired) electrons. The fraction of sp³-hybridized carbons (Fsp3) is 0.923. The lowest BCUT2D eigenvalue weighted by Crippen LogP contribution is -2.48. The second-order valence-corrected chi connectivity index (χ2v) is 5.20. The molecule has 2 heteroatoms. The first-order valence-corrected chi connectivity index (χ1v) is 6.03. The largest absolute Gasteiger partial charge is 0.384 e. The van der Waals surface area contributed by atoms with Crippen molar-refractivity contribution in [2.45, 2.75) is 40.0 Å². The van der Waals surface area contributed by atoms with Crippen molar-refractivity contribution >= 4 is 6.29 Å². The molecule has 15 heavy (non-hydrogen) atoms. The quantitative estimate of drug-likeness (QED) is 0.670. The van der Waals surface area contributed by atoms with Crippen LogP contribution in [0.15, 0.2) is 0 Å². The number of carbonyl (C=O) groups is 1. The summed E-state index contributed by atoms with van der Waals surface area (Å²) in [5.74, 6) is 1.27. The summed E-state index contributed by atoms with van der Waals surface area (Å²) in [7, 11) is 1.74. The highest BCUT2D eigenvalue weighted by molar-refractivity contribution is 5.54. The molecule has 88 valence electrons. The third-order valence-electron chi connectivity index (χ3n) is 4.56. The van der Waals surface area contributed by atoms with Gasteiger partial charge in [0.1, 0.15) is 6.29 Å². The number of ether oxygens (including phenoxy) is 1. The molecule has 0 aromatic carbocycles. The first-order chi connectivity index (χ1) is 7.09. The Labute approximate surface area is 93.4 Å². The van der Waals surface area contributed by atoms with Gasteiger partial charge in [0.2, 0.25) is 0 Å². The molecular weight excluding hydrogens is 188 g/mol. The van der Waals surface area contributed by atoms with E-state index in [0.29, 0.717) is 11.8 Å². The van der Waals surface area contributed by atoms with Crippen LogP contribution in [0.1, 0.15) is 40.0 Å². The van der Waals surface area contributed by atoms with Crippen molar-refractivity contribution in [2.24, 2.45) is 23.2 Å². The highest BCUT2D eigenvalue weighted by atomic mass is 16.5. The van der Waals surface area contributed by atoms with E-state index in [2.05, 4.69) is 13.8 Å². The summed E-state index contributed by atoms with van der Waals surface area (Å²) in [6.45, 7) is 7.31. The van der Waals surface area contributed by atoms with E-state index in [9.17, 15) is 4.79 Å². The fourth-order valence-corrected chi connectivity index (χ4v) is 3.44. The fourth-order valence-electron chi connectivity index (χ4n) is 3.44. The van der Waals surface area contributed by atoms with E-state index in [0.717, 1.165) is 12.9 Å². The van der Waals surface area contributed by atoms with Crippen molar-refractivity contribution < 1.29 is 9.53 Å². The second-order valence-electron chi connectivity index (χ2n) is 5.20. The normalized spacial score (nSPS) is 38.7. The Morgan fingerprint density at radius 2 is 1.93 bits per heavy atom. The number of methoxy groups -OCH3 is 1. The average molecular weight is 212 g/mol. The van der Waals surface area contributed by atoms with Crippen LogP contribution < -0.4 is 0 Å². The van der Waals surface area contributed by atoms with Gasteiger partial charge < -0.3 is 9.53 Å². The van der Waals surface area contributed by atoms with Crippen LogP contribution in [0.4, 0.5) is 0 Å². The van der Waals surface area contributed by atoms with Crippen molar-refractivity contribution in [3.8, 4) is 0 Å². The molecule has 0 aromatic rings. The SMILES string of the molecule is COCC1(C(C)C=O)C(C)CCCC1C. The Hall–Kier alpha value is -0.370. The highest BCUT2D eigenvalue weighted by Gasteiger charge is 2.47. The molecule has 1 saturated carbocycles. The number of aldehydes is 1. The summed E-state index contributed by atoms with van der Waals surface area (Å²) in [6.07, 6.45) is 4.86. The van der Waals surface area contributed by atoms with Gasteiger partial charge in [0, 0.05) is 18.4 Å². The molecule has 1 rings (SSSR count). The zero-order chi connectivity index (χ0) is 11.5. The molecular formula is C13H24O2. The van der Waals surface area contributed by atoms with Crippen LogP contribution >= 0.6 is 0 Å². The van der Waals surface area contributed by atoms with Crippen molar-refractivity contribution in [1.29, 1.82) is 0 Å². The summed E-state index contributed by atoms with van der Waals surface area (Å²) in [5.41, 5.74) is 0.0642. The maximum atomic E-state index is 11.1. The van der Waals surface area contributed by atoms with Gasteiger partial charge in [0.25, 0.3) is 0 Å². The molecule has 0 N–H and O–H groups in total. The Balaban J connectivity index is 2.97. The first-order valence-electron chi connectivity index (χ1n) is 6.03. The van der Waals surface area contributed by atoms with Crippen molar-refractivity contribution in [3.63, 3.8) is 0 Å². The molecule has 0 spiro atoms. The predicted molar refractivity (Wildman–Crippen MR) is 61.7 cm³/mol. The van der Waals surface area contributed by atoms with Crippen LogP contribution in [0.2, 0.25) is 0 Å². The predicted octanol–water partition coefficient (Wildman–Crippen LogP) is 2.91. The third kappa shape index (κ3) is 2.10. The zero-order valence-electron chi connectivity index (χ0n) is 10.5. The van der Waals surface area contributed by atoms with Crippen molar-refractivity contribution in [2.75, 3.05) is 13.7 Å². The summed E-state index contributed by atoms with van der Waals surface area (Å²) in [5, 5.41) is 0. The lowest BCUT2D eigenvalue weighted by Gasteiger charge is -2.49. The van der Waals surface area contributed by atoms with Gasteiger partial charge in [0.05, 0.1) is 6.61 Å². The Morgan fingerprint density at radius 1 is 1.40 bits per heavy atom. The van der Waals surface area contributed by atoms with Gasteiger partial charge in [-0.05, 0) is 11.8 Å². The molecule has 1 aliphatic rings. The van der Waals surface area contributed by atoms with Gasteiger partial charge in [-0.25, -0.2) is 0 Å². The molecule has 0 amide bonds. The van der Waals surface area contributed by atoms with E-state index >= 15 is 0 Å². The summed E-state index contributed by atoms with van der Waals surface area (Å²) in [4.78, 5) is 11.1. The highest BCUT2D eigenvalue weighted by Crippen LogP contribution is 2.49. The number of carbonyl (C=O) groups excluding carboxylic acids is 1.